The molecule has 33 heavy (non-hydrogen) atoms. The van der Waals surface area contributed by atoms with Crippen molar-refractivity contribution in [3.05, 3.63) is 82.4 Å². The quantitative estimate of drug-likeness (QED) is 0.453. The summed E-state index contributed by atoms with van der Waals surface area (Å²) in [6, 6.07) is 12.0. The molecule has 1 heterocycles. The standard InChI is InChI=1S/C24H23ClN4O4/c1-27-12-21(26)18-10-19(18)22-20(24(32)33-2)11-28-29(22)17-8-15(7-16(25)9-17)13-4-3-5-14(6-13)23(30)31/h3-9,11-12,18-19,27H,10,26H2,1-2H3,(H,30,31)/b21-12-. The predicted octanol–water partition coefficient (Wildman–Crippen LogP) is 3.80. The molecular weight excluding hydrogens is 444 g/mol. The first-order valence-electron chi connectivity index (χ1n) is 10.3. The number of ether oxygens (including phenoxy) is 1. The van der Waals surface area contributed by atoms with Crippen molar-refractivity contribution in [2.45, 2.75) is 12.3 Å². The summed E-state index contributed by atoms with van der Waals surface area (Å²) in [4.78, 5) is 23.8. The molecule has 1 aliphatic rings. The molecule has 0 aliphatic heterocycles. The summed E-state index contributed by atoms with van der Waals surface area (Å²) >= 11 is 6.43. The smallest absolute Gasteiger partial charge is 0.341 e. The first-order valence-corrected chi connectivity index (χ1v) is 10.7. The van der Waals surface area contributed by atoms with Crippen molar-refractivity contribution in [2.24, 2.45) is 11.7 Å². The van der Waals surface area contributed by atoms with Gasteiger partial charge in [-0.25, -0.2) is 14.3 Å². The Morgan fingerprint density at radius 3 is 2.76 bits per heavy atom. The van der Waals surface area contributed by atoms with Gasteiger partial charge in [0.05, 0.1) is 30.3 Å². The first kappa shape index (κ1) is 22.4. The molecule has 0 bridgehead atoms. The molecule has 0 radical (unpaired) electrons. The summed E-state index contributed by atoms with van der Waals surface area (Å²) in [6.45, 7) is 0. The van der Waals surface area contributed by atoms with Gasteiger partial charge in [-0.15, -0.1) is 0 Å². The molecule has 8 nitrogen and oxygen atoms in total. The molecular formula is C24H23ClN4O4. The van der Waals surface area contributed by atoms with Crippen LogP contribution in [0.15, 0.2) is 60.6 Å². The van der Waals surface area contributed by atoms with Gasteiger partial charge in [0.1, 0.15) is 5.56 Å². The second-order valence-electron chi connectivity index (χ2n) is 7.81. The third kappa shape index (κ3) is 4.42. The maximum atomic E-state index is 12.5. The first-order chi connectivity index (χ1) is 15.8. The Labute approximate surface area is 195 Å². The van der Waals surface area contributed by atoms with Crippen LogP contribution in [0.4, 0.5) is 0 Å². The van der Waals surface area contributed by atoms with E-state index in [1.165, 1.54) is 19.4 Å². The summed E-state index contributed by atoms with van der Waals surface area (Å²) in [7, 11) is 3.11. The number of nitrogens with one attached hydrogen (secondary N) is 1. The molecule has 4 rings (SSSR count). The summed E-state index contributed by atoms with van der Waals surface area (Å²) in [6.07, 6.45) is 4.00. The summed E-state index contributed by atoms with van der Waals surface area (Å²) in [5.74, 6) is -1.43. The lowest BCUT2D eigenvalue weighted by molar-refractivity contribution is 0.0598. The molecule has 0 spiro atoms. The predicted molar refractivity (Wildman–Crippen MR) is 124 cm³/mol. The van der Waals surface area contributed by atoms with E-state index in [0.29, 0.717) is 33.2 Å². The lowest BCUT2D eigenvalue weighted by Crippen LogP contribution is -2.11. The second kappa shape index (κ2) is 8.99. The van der Waals surface area contributed by atoms with E-state index >= 15 is 0 Å². The number of hydrogen-bond donors (Lipinski definition) is 3. The van der Waals surface area contributed by atoms with E-state index in [-0.39, 0.29) is 17.4 Å². The van der Waals surface area contributed by atoms with E-state index in [1.807, 2.05) is 12.1 Å². The number of methoxy groups -OCH3 is 1. The number of carbonyl (C=O) groups is 2. The fourth-order valence-corrected chi connectivity index (χ4v) is 4.25. The highest BCUT2D eigenvalue weighted by molar-refractivity contribution is 6.31. The van der Waals surface area contributed by atoms with Crippen LogP contribution in [0.25, 0.3) is 16.8 Å². The van der Waals surface area contributed by atoms with E-state index in [4.69, 9.17) is 22.1 Å². The molecule has 1 saturated carbocycles. The summed E-state index contributed by atoms with van der Waals surface area (Å²) < 4.78 is 6.65. The Morgan fingerprint density at radius 2 is 2.06 bits per heavy atom. The van der Waals surface area contributed by atoms with Crippen molar-refractivity contribution in [1.29, 1.82) is 0 Å². The van der Waals surface area contributed by atoms with Crippen LogP contribution in [0, 0.1) is 5.92 Å². The van der Waals surface area contributed by atoms with Gasteiger partial charge in [0.25, 0.3) is 0 Å². The molecule has 3 aromatic rings. The molecule has 0 amide bonds. The Bertz CT molecular complexity index is 1270. The maximum Gasteiger partial charge on any atom is 0.341 e. The number of nitrogens with zero attached hydrogens (tertiary/aromatic N) is 2. The van der Waals surface area contributed by atoms with Gasteiger partial charge in [-0.1, -0.05) is 23.7 Å². The number of carboxylic acid groups (broad SMARTS) is 1. The third-order valence-corrected chi connectivity index (χ3v) is 5.88. The largest absolute Gasteiger partial charge is 0.478 e. The fourth-order valence-electron chi connectivity index (χ4n) is 4.02. The van der Waals surface area contributed by atoms with Crippen molar-refractivity contribution in [3.8, 4) is 16.8 Å². The lowest BCUT2D eigenvalue weighted by Gasteiger charge is -2.12. The molecule has 0 saturated heterocycles. The van der Waals surface area contributed by atoms with Gasteiger partial charge in [-0.05, 0) is 47.9 Å². The van der Waals surface area contributed by atoms with Crippen molar-refractivity contribution < 1.29 is 19.4 Å². The number of aromatic nitrogens is 2. The Morgan fingerprint density at radius 1 is 1.27 bits per heavy atom. The van der Waals surface area contributed by atoms with Crippen LogP contribution in [0.1, 0.15) is 38.7 Å². The van der Waals surface area contributed by atoms with Crippen LogP contribution in [0.3, 0.4) is 0 Å². The number of carboxylic acids is 1. The monoisotopic (exact) mass is 466 g/mol. The minimum absolute atomic E-state index is 0.0102. The molecule has 2 aromatic carbocycles. The van der Waals surface area contributed by atoms with Crippen LogP contribution in [-0.2, 0) is 4.74 Å². The molecule has 2 unspecified atom stereocenters. The van der Waals surface area contributed by atoms with Gasteiger partial charge < -0.3 is 20.9 Å². The van der Waals surface area contributed by atoms with Gasteiger partial charge in [0, 0.05) is 35.8 Å². The average molecular weight is 467 g/mol. The average Bonchev–Trinajstić information content (AvgIpc) is 3.48. The number of halogens is 1. The van der Waals surface area contributed by atoms with E-state index in [2.05, 4.69) is 10.4 Å². The number of carbonyl (C=O) groups excluding carboxylic acids is 1. The van der Waals surface area contributed by atoms with E-state index in [9.17, 15) is 14.7 Å². The Hall–Kier alpha value is -3.78. The van der Waals surface area contributed by atoms with Crippen LogP contribution < -0.4 is 11.1 Å². The van der Waals surface area contributed by atoms with Gasteiger partial charge in [-0.3, -0.25) is 0 Å². The highest BCUT2D eigenvalue weighted by atomic mass is 35.5. The number of aromatic carboxylic acids is 1. The molecule has 170 valence electrons. The van der Waals surface area contributed by atoms with Crippen molar-refractivity contribution in [2.75, 3.05) is 14.2 Å². The van der Waals surface area contributed by atoms with Gasteiger partial charge in [-0.2, -0.15) is 5.10 Å². The van der Waals surface area contributed by atoms with E-state index in [0.717, 1.165) is 12.0 Å². The molecule has 4 N–H and O–H groups in total. The van der Waals surface area contributed by atoms with Gasteiger partial charge >= 0.3 is 11.9 Å². The topological polar surface area (TPSA) is 119 Å². The number of nitrogens with two attached hydrogens (primary N) is 1. The zero-order chi connectivity index (χ0) is 23.7. The number of benzene rings is 2. The van der Waals surface area contributed by atoms with Crippen LogP contribution >= 0.6 is 11.6 Å². The van der Waals surface area contributed by atoms with Gasteiger partial charge in [0.2, 0.25) is 0 Å². The number of hydrogen-bond acceptors (Lipinski definition) is 6. The SMILES string of the molecule is CN/C=C(\N)C1CC1c1c(C(=O)OC)cnn1-c1cc(Cl)cc(-c2cccc(C(=O)O)c2)c1. The van der Waals surface area contributed by atoms with Crippen LogP contribution in [0.5, 0.6) is 0 Å². The zero-order valence-corrected chi connectivity index (χ0v) is 18.8. The highest BCUT2D eigenvalue weighted by Gasteiger charge is 2.45. The minimum atomic E-state index is -1.01. The third-order valence-electron chi connectivity index (χ3n) is 5.66. The minimum Gasteiger partial charge on any atom is -0.478 e. The Balaban J connectivity index is 1.81. The van der Waals surface area contributed by atoms with Crippen molar-refractivity contribution in [1.82, 2.24) is 15.1 Å². The second-order valence-corrected chi connectivity index (χ2v) is 8.25. The van der Waals surface area contributed by atoms with Crippen LogP contribution in [-0.4, -0.2) is 41.0 Å². The van der Waals surface area contributed by atoms with E-state index < -0.39 is 11.9 Å². The summed E-state index contributed by atoms with van der Waals surface area (Å²) in [5, 5.41) is 17.2. The van der Waals surface area contributed by atoms with Crippen LogP contribution in [0.2, 0.25) is 5.02 Å². The highest BCUT2D eigenvalue weighted by Crippen LogP contribution is 2.51. The summed E-state index contributed by atoms with van der Waals surface area (Å²) in [5.41, 5.74) is 10.2. The molecule has 9 heteroatoms. The maximum absolute atomic E-state index is 12.5. The molecule has 1 aromatic heterocycles. The zero-order valence-electron chi connectivity index (χ0n) is 18.1. The van der Waals surface area contributed by atoms with E-state index in [1.54, 1.807) is 42.2 Å². The number of allylic oxidation sites excluding steroid dienone is 1. The normalized spacial score (nSPS) is 17.5. The number of esters is 1. The number of rotatable bonds is 7. The van der Waals surface area contributed by atoms with Crippen molar-refractivity contribution in [3.63, 3.8) is 0 Å². The van der Waals surface area contributed by atoms with Crippen molar-refractivity contribution >= 4 is 23.5 Å². The molecule has 2 atom stereocenters. The van der Waals surface area contributed by atoms with Gasteiger partial charge in [0.15, 0.2) is 0 Å². The molecule has 1 aliphatic carbocycles. The lowest BCUT2D eigenvalue weighted by atomic mass is 10.0. The molecule has 1 fully saturated rings. The fraction of sp³-hybridized carbons (Fsp3) is 0.208. The Kier molecular flexibility index (Phi) is 6.11.